The zero-order valence-electron chi connectivity index (χ0n) is 31.5. The van der Waals surface area contributed by atoms with E-state index >= 15 is 0 Å². The molecule has 268 valence electrons. The molecule has 0 spiro atoms. The lowest BCUT2D eigenvalue weighted by molar-refractivity contribution is 0.0579. The number of amides is 1. The van der Waals surface area contributed by atoms with E-state index in [0.29, 0.717) is 0 Å². The fourth-order valence-corrected chi connectivity index (χ4v) is 5.67. The summed E-state index contributed by atoms with van der Waals surface area (Å²) in [6.45, 7) is 8.92. The van der Waals surface area contributed by atoms with Crippen molar-refractivity contribution in [2.75, 3.05) is 33.7 Å². The number of hydrogen-bond donors (Lipinski definition) is 0. The summed E-state index contributed by atoms with van der Waals surface area (Å²) >= 11 is 0. The van der Waals surface area contributed by atoms with Crippen LogP contribution in [0, 0.1) is 0 Å². The van der Waals surface area contributed by atoms with Crippen molar-refractivity contribution in [3.63, 3.8) is 0 Å². The van der Waals surface area contributed by atoms with Crippen LogP contribution in [0.3, 0.4) is 0 Å². The number of carbonyl (C=O) groups excluding carboxylic acids is 1. The maximum atomic E-state index is 13.0. The van der Waals surface area contributed by atoms with E-state index in [1.54, 1.807) is 0 Å². The SMILES string of the molecule is CCCCC/C=C\C/C=C\CCCCCCCCN(CCCCCCCC/C=C\C/C=C\CCCCC)C(=O)OC(C)CN(C)C. The summed E-state index contributed by atoms with van der Waals surface area (Å²) in [5.41, 5.74) is 0. The molecular weight excluding hydrogens is 564 g/mol. The lowest BCUT2D eigenvalue weighted by Gasteiger charge is -2.25. The van der Waals surface area contributed by atoms with Crippen molar-refractivity contribution in [3.05, 3.63) is 48.6 Å². The zero-order valence-corrected chi connectivity index (χ0v) is 31.5. The minimum atomic E-state index is -0.125. The van der Waals surface area contributed by atoms with Gasteiger partial charge in [-0.1, -0.05) is 140 Å². The van der Waals surface area contributed by atoms with E-state index in [4.69, 9.17) is 4.74 Å². The molecule has 4 heteroatoms. The highest BCUT2D eigenvalue weighted by Gasteiger charge is 2.17. The van der Waals surface area contributed by atoms with E-state index in [1.807, 2.05) is 25.9 Å². The number of allylic oxidation sites excluding steroid dienone is 8. The maximum absolute atomic E-state index is 13.0. The Bertz CT molecular complexity index is 707. The fraction of sp³-hybridized carbons (Fsp3) is 0.786. The number of likely N-dealkylation sites (N-methyl/N-ethyl adjacent to an activating group) is 1. The Balaban J connectivity index is 4.08. The summed E-state index contributed by atoms with van der Waals surface area (Å²) in [7, 11) is 4.05. The van der Waals surface area contributed by atoms with Crippen LogP contribution < -0.4 is 0 Å². The quantitative estimate of drug-likeness (QED) is 0.0527. The van der Waals surface area contributed by atoms with Gasteiger partial charge < -0.3 is 14.5 Å². The molecule has 1 unspecified atom stereocenters. The summed E-state index contributed by atoms with van der Waals surface area (Å²) in [6, 6.07) is 0. The zero-order chi connectivity index (χ0) is 33.8. The van der Waals surface area contributed by atoms with Gasteiger partial charge in [-0.2, -0.15) is 0 Å². The third-order valence-corrected chi connectivity index (χ3v) is 8.44. The van der Waals surface area contributed by atoms with Gasteiger partial charge in [-0.15, -0.1) is 0 Å². The molecule has 0 rings (SSSR count). The van der Waals surface area contributed by atoms with Crippen LogP contribution in [0.25, 0.3) is 0 Å². The average molecular weight is 643 g/mol. The van der Waals surface area contributed by atoms with Gasteiger partial charge in [0.25, 0.3) is 0 Å². The normalized spacial score (nSPS) is 12.9. The van der Waals surface area contributed by atoms with Gasteiger partial charge in [0, 0.05) is 19.6 Å². The molecule has 0 aromatic carbocycles. The predicted molar refractivity (Wildman–Crippen MR) is 205 cm³/mol. The van der Waals surface area contributed by atoms with E-state index in [1.165, 1.54) is 128 Å². The van der Waals surface area contributed by atoms with Crippen LogP contribution in [0.1, 0.15) is 175 Å². The highest BCUT2D eigenvalue weighted by atomic mass is 16.6. The summed E-state index contributed by atoms with van der Waals surface area (Å²) in [5, 5.41) is 0. The molecule has 0 N–H and O–H groups in total. The third-order valence-electron chi connectivity index (χ3n) is 8.44. The molecule has 0 saturated carbocycles. The van der Waals surface area contributed by atoms with Crippen LogP contribution in [-0.4, -0.2) is 55.7 Å². The molecule has 1 atom stereocenters. The van der Waals surface area contributed by atoms with Crippen LogP contribution >= 0.6 is 0 Å². The third kappa shape index (κ3) is 33.6. The molecule has 0 saturated heterocycles. The van der Waals surface area contributed by atoms with E-state index in [2.05, 4.69) is 67.4 Å². The molecule has 0 bridgehead atoms. The lowest BCUT2D eigenvalue weighted by atomic mass is 10.1. The van der Waals surface area contributed by atoms with E-state index in [0.717, 1.165) is 45.3 Å². The number of ether oxygens (including phenoxy) is 1. The van der Waals surface area contributed by atoms with Crippen molar-refractivity contribution in [2.45, 2.75) is 181 Å². The van der Waals surface area contributed by atoms with Crippen molar-refractivity contribution < 1.29 is 9.53 Å². The molecule has 0 aromatic heterocycles. The highest BCUT2D eigenvalue weighted by molar-refractivity contribution is 5.67. The van der Waals surface area contributed by atoms with Gasteiger partial charge in [0.05, 0.1) is 0 Å². The minimum Gasteiger partial charge on any atom is -0.445 e. The fourth-order valence-electron chi connectivity index (χ4n) is 5.67. The topological polar surface area (TPSA) is 32.8 Å². The number of hydrogen-bond acceptors (Lipinski definition) is 3. The van der Waals surface area contributed by atoms with Crippen LogP contribution in [0.5, 0.6) is 0 Å². The number of unbranched alkanes of at least 4 members (excludes halogenated alkanes) is 18. The standard InChI is InChI=1S/C42H78N2O2/c1-6-8-10-12-14-16-18-20-22-24-26-28-30-32-34-36-38-44(42(45)46-41(3)40-43(4)5)39-37-35-33-31-29-27-25-23-21-19-17-15-13-11-9-7-2/h14-17,20-23,41H,6-13,18-19,24-40H2,1-5H3/b16-14-,17-15-,22-20-,23-21-. The summed E-state index contributed by atoms with van der Waals surface area (Å²) in [6.07, 6.45) is 48.2. The van der Waals surface area contributed by atoms with Crippen molar-refractivity contribution in [3.8, 4) is 0 Å². The Labute approximate surface area is 288 Å². The first-order chi connectivity index (χ1) is 22.5. The van der Waals surface area contributed by atoms with E-state index < -0.39 is 0 Å². The van der Waals surface area contributed by atoms with Gasteiger partial charge >= 0.3 is 6.09 Å². The summed E-state index contributed by atoms with van der Waals surface area (Å²) in [5.74, 6) is 0. The Hall–Kier alpha value is -1.81. The maximum Gasteiger partial charge on any atom is 0.410 e. The molecule has 0 aromatic rings. The second-order valence-electron chi connectivity index (χ2n) is 13.6. The number of carbonyl (C=O) groups is 1. The molecular formula is C42H78N2O2. The average Bonchev–Trinajstić information content (AvgIpc) is 3.02. The smallest absolute Gasteiger partial charge is 0.410 e. The van der Waals surface area contributed by atoms with Crippen LogP contribution in [0.2, 0.25) is 0 Å². The monoisotopic (exact) mass is 643 g/mol. The Morgan fingerprint density at radius 2 is 0.870 bits per heavy atom. The van der Waals surface area contributed by atoms with Crippen LogP contribution in [0.15, 0.2) is 48.6 Å². The molecule has 0 aliphatic carbocycles. The second-order valence-corrected chi connectivity index (χ2v) is 13.6. The molecule has 1 amide bonds. The Morgan fingerprint density at radius 1 is 0.522 bits per heavy atom. The molecule has 0 aliphatic rings. The minimum absolute atomic E-state index is 0.0864. The molecule has 0 fully saturated rings. The van der Waals surface area contributed by atoms with Crippen molar-refractivity contribution in [1.82, 2.24) is 9.80 Å². The lowest BCUT2D eigenvalue weighted by Crippen LogP contribution is -2.37. The summed E-state index contributed by atoms with van der Waals surface area (Å²) < 4.78 is 5.81. The number of nitrogens with zero attached hydrogens (tertiary/aromatic N) is 2. The van der Waals surface area contributed by atoms with Gasteiger partial charge in [0.1, 0.15) is 6.10 Å². The van der Waals surface area contributed by atoms with Gasteiger partial charge in [0.2, 0.25) is 0 Å². The van der Waals surface area contributed by atoms with Crippen LogP contribution in [-0.2, 0) is 4.74 Å². The Morgan fingerprint density at radius 3 is 1.24 bits per heavy atom. The first kappa shape index (κ1) is 44.2. The molecule has 0 heterocycles. The first-order valence-electron chi connectivity index (χ1n) is 19.7. The highest BCUT2D eigenvalue weighted by Crippen LogP contribution is 2.13. The largest absolute Gasteiger partial charge is 0.445 e. The van der Waals surface area contributed by atoms with E-state index in [9.17, 15) is 4.79 Å². The van der Waals surface area contributed by atoms with Gasteiger partial charge in [-0.3, -0.25) is 0 Å². The van der Waals surface area contributed by atoms with Crippen molar-refractivity contribution in [2.24, 2.45) is 0 Å². The molecule has 4 nitrogen and oxygen atoms in total. The second kappa shape index (κ2) is 36.0. The predicted octanol–water partition coefficient (Wildman–Crippen LogP) is 13.0. The van der Waals surface area contributed by atoms with Crippen molar-refractivity contribution >= 4 is 6.09 Å². The molecule has 0 aliphatic heterocycles. The summed E-state index contributed by atoms with van der Waals surface area (Å²) in [4.78, 5) is 17.0. The Kier molecular flexibility index (Phi) is 34.6. The van der Waals surface area contributed by atoms with E-state index in [-0.39, 0.29) is 12.2 Å². The van der Waals surface area contributed by atoms with Gasteiger partial charge in [0.15, 0.2) is 0 Å². The van der Waals surface area contributed by atoms with Crippen molar-refractivity contribution in [1.29, 1.82) is 0 Å². The van der Waals surface area contributed by atoms with Gasteiger partial charge in [-0.25, -0.2) is 4.79 Å². The van der Waals surface area contributed by atoms with Crippen LogP contribution in [0.4, 0.5) is 4.79 Å². The molecule has 46 heavy (non-hydrogen) atoms. The molecule has 0 radical (unpaired) electrons. The first-order valence-corrected chi connectivity index (χ1v) is 19.7. The number of rotatable bonds is 33. The van der Waals surface area contributed by atoms with Gasteiger partial charge in [-0.05, 0) is 98.1 Å².